The molecule has 1 aromatic heterocycles. The Morgan fingerprint density at radius 3 is 2.75 bits per heavy atom. The molecule has 2 N–H and O–H groups in total. The summed E-state index contributed by atoms with van der Waals surface area (Å²) in [4.78, 5) is 23.0. The normalized spacial score (nSPS) is 12.1. The number of carbonyl (C=O) groups is 2. The average molecular weight is 243 g/mol. The van der Waals surface area contributed by atoms with Gasteiger partial charge >= 0.3 is 5.97 Å². The molecule has 5 nitrogen and oxygen atoms in total. The van der Waals surface area contributed by atoms with Gasteiger partial charge in [0.25, 0.3) is 0 Å². The highest BCUT2D eigenvalue weighted by atomic mass is 32.1. The Hall–Kier alpha value is -1.40. The lowest BCUT2D eigenvalue weighted by atomic mass is 10.3. The van der Waals surface area contributed by atoms with Crippen LogP contribution in [0.3, 0.4) is 0 Å². The van der Waals surface area contributed by atoms with Gasteiger partial charge in [-0.2, -0.15) is 0 Å². The van der Waals surface area contributed by atoms with E-state index in [0.29, 0.717) is 6.54 Å². The van der Waals surface area contributed by atoms with E-state index in [-0.39, 0.29) is 10.8 Å². The first kappa shape index (κ1) is 12.7. The van der Waals surface area contributed by atoms with E-state index in [4.69, 9.17) is 9.84 Å². The molecule has 88 valence electrons. The second kappa shape index (κ2) is 5.62. The summed E-state index contributed by atoms with van der Waals surface area (Å²) in [5, 5.41) is 11.4. The summed E-state index contributed by atoms with van der Waals surface area (Å²) in [5.74, 6) is -1.17. The molecule has 0 bridgehead atoms. The summed E-state index contributed by atoms with van der Waals surface area (Å²) in [5.41, 5.74) is 0. The van der Waals surface area contributed by atoms with Crippen molar-refractivity contribution in [3.63, 3.8) is 0 Å². The third kappa shape index (κ3) is 3.32. The zero-order valence-electron chi connectivity index (χ0n) is 9.02. The summed E-state index contributed by atoms with van der Waals surface area (Å²) < 4.78 is 4.84. The second-order valence-electron chi connectivity index (χ2n) is 3.17. The summed E-state index contributed by atoms with van der Waals surface area (Å²) >= 11 is 1.15. The van der Waals surface area contributed by atoms with Crippen LogP contribution in [0.4, 0.5) is 0 Å². The van der Waals surface area contributed by atoms with E-state index in [0.717, 1.165) is 16.2 Å². The molecule has 0 radical (unpaired) electrons. The summed E-state index contributed by atoms with van der Waals surface area (Å²) in [6.45, 7) is 1.97. The van der Waals surface area contributed by atoms with E-state index in [9.17, 15) is 9.59 Å². The van der Waals surface area contributed by atoms with Gasteiger partial charge in [-0.1, -0.05) is 0 Å². The maximum atomic E-state index is 11.3. The first-order chi connectivity index (χ1) is 7.54. The highest BCUT2D eigenvalue weighted by molar-refractivity contribution is 7.13. The van der Waals surface area contributed by atoms with Crippen molar-refractivity contribution in [1.82, 2.24) is 5.32 Å². The molecule has 1 atom stereocenters. The van der Waals surface area contributed by atoms with E-state index < -0.39 is 12.1 Å². The van der Waals surface area contributed by atoms with Crippen molar-refractivity contribution in [2.24, 2.45) is 0 Å². The molecule has 0 fully saturated rings. The van der Waals surface area contributed by atoms with Crippen LogP contribution in [0.15, 0.2) is 12.1 Å². The molecule has 0 aliphatic heterocycles. The molecule has 1 rings (SSSR count). The molecule has 0 aliphatic rings. The number of hydrogen-bond acceptors (Lipinski definition) is 4. The zero-order valence-corrected chi connectivity index (χ0v) is 9.84. The number of carbonyl (C=O) groups excluding carboxylic acids is 1. The van der Waals surface area contributed by atoms with Crippen molar-refractivity contribution in [3.8, 4) is 0 Å². The molecule has 6 heteroatoms. The van der Waals surface area contributed by atoms with Crippen LogP contribution in [0.2, 0.25) is 0 Å². The molecule has 1 heterocycles. The highest BCUT2D eigenvalue weighted by Crippen LogP contribution is 2.15. The monoisotopic (exact) mass is 243 g/mol. The van der Waals surface area contributed by atoms with Gasteiger partial charge in [-0.15, -0.1) is 11.3 Å². The SMILES string of the molecule is COC(C)C(=O)NCc1ccc(C(=O)O)s1. The van der Waals surface area contributed by atoms with Crippen LogP contribution in [0, 0.1) is 0 Å². The van der Waals surface area contributed by atoms with Crippen molar-refractivity contribution in [2.75, 3.05) is 7.11 Å². The van der Waals surface area contributed by atoms with Gasteiger partial charge < -0.3 is 15.2 Å². The number of amides is 1. The molecule has 0 saturated carbocycles. The Kier molecular flexibility index (Phi) is 4.45. The van der Waals surface area contributed by atoms with Crippen LogP contribution in [0.1, 0.15) is 21.5 Å². The molecule has 0 aromatic carbocycles. The lowest BCUT2D eigenvalue weighted by Crippen LogP contribution is -2.33. The van der Waals surface area contributed by atoms with Gasteiger partial charge in [0.05, 0.1) is 6.54 Å². The van der Waals surface area contributed by atoms with Crippen LogP contribution in [-0.2, 0) is 16.1 Å². The van der Waals surface area contributed by atoms with Crippen molar-refractivity contribution in [2.45, 2.75) is 19.6 Å². The minimum atomic E-state index is -0.951. The van der Waals surface area contributed by atoms with Crippen molar-refractivity contribution < 1.29 is 19.4 Å². The first-order valence-corrected chi connectivity index (χ1v) is 5.48. The molecule has 1 amide bonds. The quantitative estimate of drug-likeness (QED) is 0.812. The van der Waals surface area contributed by atoms with Gasteiger partial charge in [0.1, 0.15) is 11.0 Å². The van der Waals surface area contributed by atoms with E-state index in [1.165, 1.54) is 13.2 Å². The lowest BCUT2D eigenvalue weighted by molar-refractivity contribution is -0.130. The smallest absolute Gasteiger partial charge is 0.345 e. The van der Waals surface area contributed by atoms with Crippen LogP contribution in [0.5, 0.6) is 0 Å². The maximum Gasteiger partial charge on any atom is 0.345 e. The van der Waals surface area contributed by atoms with E-state index in [2.05, 4.69) is 5.32 Å². The first-order valence-electron chi connectivity index (χ1n) is 4.67. The van der Waals surface area contributed by atoms with E-state index in [1.54, 1.807) is 13.0 Å². The largest absolute Gasteiger partial charge is 0.477 e. The highest BCUT2D eigenvalue weighted by Gasteiger charge is 2.12. The van der Waals surface area contributed by atoms with Gasteiger partial charge in [-0.25, -0.2) is 4.79 Å². The zero-order chi connectivity index (χ0) is 12.1. The summed E-state index contributed by atoms with van der Waals surface area (Å²) in [6.07, 6.45) is -0.501. The van der Waals surface area contributed by atoms with Crippen molar-refractivity contribution in [1.29, 1.82) is 0 Å². The minimum Gasteiger partial charge on any atom is -0.477 e. The number of aromatic carboxylic acids is 1. The van der Waals surface area contributed by atoms with Gasteiger partial charge in [0.15, 0.2) is 0 Å². The Labute approximate surface area is 97.0 Å². The third-order valence-electron chi connectivity index (χ3n) is 2.03. The Balaban J connectivity index is 2.48. The Bertz CT molecular complexity index is 388. The fourth-order valence-electron chi connectivity index (χ4n) is 1.01. The Morgan fingerprint density at radius 1 is 1.56 bits per heavy atom. The average Bonchev–Trinajstić information content (AvgIpc) is 2.73. The third-order valence-corrected chi connectivity index (χ3v) is 3.11. The van der Waals surface area contributed by atoms with Crippen LogP contribution in [0.25, 0.3) is 0 Å². The molecule has 1 aromatic rings. The van der Waals surface area contributed by atoms with Crippen molar-refractivity contribution >= 4 is 23.2 Å². The van der Waals surface area contributed by atoms with Crippen LogP contribution >= 0.6 is 11.3 Å². The molecule has 0 aliphatic carbocycles. The Morgan fingerprint density at radius 2 is 2.25 bits per heavy atom. The fourth-order valence-corrected chi connectivity index (χ4v) is 1.80. The number of methoxy groups -OCH3 is 1. The van der Waals surface area contributed by atoms with E-state index >= 15 is 0 Å². The van der Waals surface area contributed by atoms with Gasteiger partial charge in [0, 0.05) is 12.0 Å². The summed E-state index contributed by atoms with van der Waals surface area (Å²) in [7, 11) is 1.46. The number of hydrogen-bond donors (Lipinski definition) is 2. The van der Waals surface area contributed by atoms with Crippen LogP contribution < -0.4 is 5.32 Å². The topological polar surface area (TPSA) is 75.6 Å². The lowest BCUT2D eigenvalue weighted by Gasteiger charge is -2.09. The van der Waals surface area contributed by atoms with Gasteiger partial charge in [-0.3, -0.25) is 4.79 Å². The fraction of sp³-hybridized carbons (Fsp3) is 0.400. The predicted molar refractivity (Wildman–Crippen MR) is 59.6 cm³/mol. The number of rotatable bonds is 5. The molecular formula is C10H13NO4S. The van der Waals surface area contributed by atoms with Crippen LogP contribution in [-0.4, -0.2) is 30.2 Å². The van der Waals surface area contributed by atoms with Gasteiger partial charge in [0.2, 0.25) is 5.91 Å². The molecule has 1 unspecified atom stereocenters. The number of ether oxygens (including phenoxy) is 1. The van der Waals surface area contributed by atoms with E-state index in [1.807, 2.05) is 0 Å². The number of thiophene rings is 1. The molecule has 16 heavy (non-hydrogen) atoms. The standard InChI is InChI=1S/C10H13NO4S/c1-6(15-2)9(12)11-5-7-3-4-8(16-7)10(13)14/h3-4,6H,5H2,1-2H3,(H,11,12)(H,13,14). The van der Waals surface area contributed by atoms with Gasteiger partial charge in [-0.05, 0) is 19.1 Å². The predicted octanol–water partition coefficient (Wildman–Crippen LogP) is 1.10. The molecule has 0 saturated heterocycles. The second-order valence-corrected chi connectivity index (χ2v) is 4.34. The van der Waals surface area contributed by atoms with Crippen molar-refractivity contribution in [3.05, 3.63) is 21.9 Å². The molecular weight excluding hydrogens is 230 g/mol. The summed E-state index contributed by atoms with van der Waals surface area (Å²) in [6, 6.07) is 3.21. The molecule has 0 spiro atoms. The number of carboxylic acid groups (broad SMARTS) is 1. The number of carboxylic acids is 1. The maximum absolute atomic E-state index is 11.3. The minimum absolute atomic E-state index is 0.215. The number of nitrogens with one attached hydrogen (secondary N) is 1.